The van der Waals surface area contributed by atoms with Gasteiger partial charge in [-0.3, -0.25) is 10.1 Å². The van der Waals surface area contributed by atoms with Crippen molar-refractivity contribution < 1.29 is 13.3 Å². The summed E-state index contributed by atoms with van der Waals surface area (Å²) in [6.07, 6.45) is 0. The highest BCUT2D eigenvalue weighted by atomic mass is 35.5. The zero-order valence-electron chi connectivity index (χ0n) is 10.8. The monoisotopic (exact) mass is 317 g/mol. The van der Waals surface area contributed by atoms with Crippen LogP contribution in [0.3, 0.4) is 0 Å². The maximum atomic E-state index is 12.1. The summed E-state index contributed by atoms with van der Waals surface area (Å²) in [6, 6.07) is 4.02. The van der Waals surface area contributed by atoms with Crippen LogP contribution >= 0.6 is 11.6 Å². The van der Waals surface area contributed by atoms with Crippen LogP contribution in [-0.2, 0) is 10.0 Å². The van der Waals surface area contributed by atoms with Gasteiger partial charge in [0.05, 0.1) is 21.8 Å². The molecular weight excluding hydrogens is 306 g/mol. The molecular formula is C11H12ClN3O4S. The normalized spacial score (nSPS) is 12.7. The number of nitro groups is 1. The van der Waals surface area contributed by atoms with Gasteiger partial charge in [0.15, 0.2) is 0 Å². The van der Waals surface area contributed by atoms with Crippen molar-refractivity contribution in [2.75, 3.05) is 6.54 Å². The average molecular weight is 318 g/mol. The standard InChI is InChI=1S/C11H12ClN3O4S/c1-7(5-13)6-14-20(18,19)11-4-10(15(16)17)9(12)3-8(11)2/h3-4,7,14H,6H2,1-2H3. The minimum absolute atomic E-state index is 0.0747. The van der Waals surface area contributed by atoms with Gasteiger partial charge in [-0.15, -0.1) is 0 Å². The third kappa shape index (κ3) is 3.66. The summed E-state index contributed by atoms with van der Waals surface area (Å²) >= 11 is 5.70. The third-order valence-corrected chi connectivity index (χ3v) is 4.40. The molecule has 0 aliphatic heterocycles. The van der Waals surface area contributed by atoms with Gasteiger partial charge in [-0.1, -0.05) is 11.6 Å². The first-order chi connectivity index (χ1) is 9.19. The fourth-order valence-corrected chi connectivity index (χ4v) is 3.09. The molecule has 0 heterocycles. The van der Waals surface area contributed by atoms with E-state index >= 15 is 0 Å². The number of rotatable bonds is 5. The number of nitro benzene ring substituents is 1. The number of nitriles is 1. The number of hydrogen-bond donors (Lipinski definition) is 1. The Morgan fingerprint density at radius 3 is 2.65 bits per heavy atom. The van der Waals surface area contributed by atoms with Crippen LogP contribution in [0.15, 0.2) is 17.0 Å². The van der Waals surface area contributed by atoms with E-state index in [1.807, 2.05) is 6.07 Å². The number of halogens is 1. The fourth-order valence-electron chi connectivity index (χ4n) is 1.43. The quantitative estimate of drug-likeness (QED) is 0.659. The molecule has 1 aromatic carbocycles. The summed E-state index contributed by atoms with van der Waals surface area (Å²) in [5.74, 6) is -0.507. The molecule has 0 amide bonds. The predicted octanol–water partition coefficient (Wildman–Crippen LogP) is 1.99. The van der Waals surface area contributed by atoms with Gasteiger partial charge < -0.3 is 0 Å². The van der Waals surface area contributed by atoms with Gasteiger partial charge in [-0.25, -0.2) is 13.1 Å². The van der Waals surface area contributed by atoms with Crippen LogP contribution in [0.1, 0.15) is 12.5 Å². The van der Waals surface area contributed by atoms with Gasteiger partial charge in [-0.2, -0.15) is 5.26 Å². The van der Waals surface area contributed by atoms with Crippen molar-refractivity contribution in [1.82, 2.24) is 4.72 Å². The SMILES string of the molecule is Cc1cc(Cl)c([N+](=O)[O-])cc1S(=O)(=O)NCC(C)C#N. The summed E-state index contributed by atoms with van der Waals surface area (Å²) in [5.41, 5.74) is -0.191. The minimum Gasteiger partial charge on any atom is -0.258 e. The van der Waals surface area contributed by atoms with Crippen LogP contribution in [0, 0.1) is 34.3 Å². The predicted molar refractivity (Wildman–Crippen MR) is 72.8 cm³/mol. The van der Waals surface area contributed by atoms with Crippen molar-refractivity contribution in [2.45, 2.75) is 18.7 Å². The lowest BCUT2D eigenvalue weighted by atomic mass is 10.2. The lowest BCUT2D eigenvalue weighted by molar-refractivity contribution is -0.384. The van der Waals surface area contributed by atoms with Gasteiger partial charge in [0.1, 0.15) is 5.02 Å². The largest absolute Gasteiger partial charge is 0.289 e. The van der Waals surface area contributed by atoms with Crippen molar-refractivity contribution in [3.63, 3.8) is 0 Å². The number of benzene rings is 1. The van der Waals surface area contributed by atoms with Crippen molar-refractivity contribution in [2.24, 2.45) is 5.92 Å². The molecule has 0 aliphatic rings. The van der Waals surface area contributed by atoms with Gasteiger partial charge in [0, 0.05) is 12.6 Å². The molecule has 0 spiro atoms. The molecule has 9 heteroatoms. The molecule has 0 radical (unpaired) electrons. The summed E-state index contributed by atoms with van der Waals surface area (Å²) in [7, 11) is -3.93. The van der Waals surface area contributed by atoms with Gasteiger partial charge >= 0.3 is 0 Å². The highest BCUT2D eigenvalue weighted by molar-refractivity contribution is 7.89. The van der Waals surface area contributed by atoms with E-state index in [9.17, 15) is 18.5 Å². The van der Waals surface area contributed by atoms with Crippen molar-refractivity contribution >= 4 is 27.3 Å². The van der Waals surface area contributed by atoms with E-state index in [1.165, 1.54) is 13.0 Å². The molecule has 0 saturated heterocycles. The lowest BCUT2D eigenvalue weighted by Gasteiger charge is -2.10. The van der Waals surface area contributed by atoms with Gasteiger partial charge in [0.25, 0.3) is 5.69 Å². The van der Waals surface area contributed by atoms with E-state index in [-0.39, 0.29) is 22.0 Å². The Bertz CT molecular complexity index is 682. The van der Waals surface area contributed by atoms with Crippen LogP contribution in [0.25, 0.3) is 0 Å². The molecule has 1 N–H and O–H groups in total. The fraction of sp³-hybridized carbons (Fsp3) is 0.364. The number of hydrogen-bond acceptors (Lipinski definition) is 5. The molecule has 0 aromatic heterocycles. The molecule has 1 atom stereocenters. The minimum atomic E-state index is -3.93. The Morgan fingerprint density at radius 1 is 1.55 bits per heavy atom. The number of sulfonamides is 1. The maximum absolute atomic E-state index is 12.1. The number of nitrogens with one attached hydrogen (secondary N) is 1. The van der Waals surface area contributed by atoms with Crippen molar-refractivity contribution in [3.8, 4) is 6.07 Å². The van der Waals surface area contributed by atoms with E-state index in [0.717, 1.165) is 6.07 Å². The zero-order chi connectivity index (χ0) is 15.5. The average Bonchev–Trinajstić information content (AvgIpc) is 2.35. The molecule has 0 bridgehead atoms. The van der Waals surface area contributed by atoms with E-state index in [1.54, 1.807) is 6.92 Å². The summed E-state index contributed by atoms with van der Waals surface area (Å²) in [5, 5.41) is 19.3. The van der Waals surface area contributed by atoms with Crippen LogP contribution in [0.2, 0.25) is 5.02 Å². The molecule has 7 nitrogen and oxygen atoms in total. The second-order valence-electron chi connectivity index (χ2n) is 4.21. The first-order valence-corrected chi connectivity index (χ1v) is 7.39. The van der Waals surface area contributed by atoms with Crippen molar-refractivity contribution in [1.29, 1.82) is 5.26 Å². The molecule has 0 fully saturated rings. The number of aryl methyl sites for hydroxylation is 1. The highest BCUT2D eigenvalue weighted by Gasteiger charge is 2.23. The van der Waals surface area contributed by atoms with Crippen LogP contribution < -0.4 is 4.72 Å². The summed E-state index contributed by atoms with van der Waals surface area (Å²) in [4.78, 5) is 9.81. The number of nitrogens with zero attached hydrogens (tertiary/aromatic N) is 2. The molecule has 1 rings (SSSR count). The molecule has 0 saturated carbocycles. The van der Waals surface area contributed by atoms with E-state index in [0.29, 0.717) is 0 Å². The summed E-state index contributed by atoms with van der Waals surface area (Å²) in [6.45, 7) is 2.96. The third-order valence-electron chi connectivity index (χ3n) is 2.53. The Balaban J connectivity index is 3.22. The van der Waals surface area contributed by atoms with E-state index < -0.39 is 26.6 Å². The first-order valence-electron chi connectivity index (χ1n) is 5.53. The van der Waals surface area contributed by atoms with Gasteiger partial charge in [0.2, 0.25) is 10.0 Å². The van der Waals surface area contributed by atoms with Crippen LogP contribution in [0.5, 0.6) is 0 Å². The molecule has 20 heavy (non-hydrogen) atoms. The van der Waals surface area contributed by atoms with E-state index in [4.69, 9.17) is 16.9 Å². The van der Waals surface area contributed by atoms with E-state index in [2.05, 4.69) is 4.72 Å². The Hall–Kier alpha value is -1.69. The first kappa shape index (κ1) is 16.4. The van der Waals surface area contributed by atoms with Crippen molar-refractivity contribution in [3.05, 3.63) is 32.8 Å². The topological polar surface area (TPSA) is 113 Å². The van der Waals surface area contributed by atoms with Gasteiger partial charge in [-0.05, 0) is 25.5 Å². The Labute approximate surface area is 121 Å². The zero-order valence-corrected chi connectivity index (χ0v) is 12.3. The van der Waals surface area contributed by atoms with Crippen LogP contribution in [0.4, 0.5) is 5.69 Å². The molecule has 108 valence electrons. The Morgan fingerprint density at radius 2 is 2.15 bits per heavy atom. The highest BCUT2D eigenvalue weighted by Crippen LogP contribution is 2.30. The summed E-state index contributed by atoms with van der Waals surface area (Å²) < 4.78 is 26.4. The molecule has 0 aliphatic carbocycles. The maximum Gasteiger partial charge on any atom is 0.289 e. The Kier molecular flexibility index (Phi) is 5.05. The van der Waals surface area contributed by atoms with Crippen LogP contribution in [-0.4, -0.2) is 19.9 Å². The second kappa shape index (κ2) is 6.17. The lowest BCUT2D eigenvalue weighted by Crippen LogP contribution is -2.28. The molecule has 1 aromatic rings. The second-order valence-corrected chi connectivity index (χ2v) is 6.35. The smallest absolute Gasteiger partial charge is 0.258 e. The molecule has 1 unspecified atom stereocenters.